The average Bonchev–Trinajstić information content (AvgIpc) is 2.62. The molecule has 128 valence electrons. The first kappa shape index (κ1) is 16.7. The Balaban J connectivity index is 1.75. The van der Waals surface area contributed by atoms with E-state index in [2.05, 4.69) is 15.5 Å². The number of carbonyl (C=O) groups is 1. The van der Waals surface area contributed by atoms with Gasteiger partial charge in [-0.2, -0.15) is 5.10 Å². The lowest BCUT2D eigenvalue weighted by Gasteiger charge is -2.14. The lowest BCUT2D eigenvalue weighted by molar-refractivity contribution is 0.0936. The van der Waals surface area contributed by atoms with Gasteiger partial charge in [0.05, 0.1) is 12.5 Å². The number of hydrogen-bond acceptors (Lipinski definition) is 4. The molecule has 1 amide bonds. The predicted octanol–water partition coefficient (Wildman–Crippen LogP) is 2.29. The van der Waals surface area contributed by atoms with E-state index < -0.39 is 0 Å². The smallest absolute Gasteiger partial charge is 0.272 e. The molecule has 0 aliphatic heterocycles. The zero-order chi connectivity index (χ0) is 17.8. The zero-order valence-electron chi connectivity index (χ0n) is 14.1. The van der Waals surface area contributed by atoms with Crippen molar-refractivity contribution in [3.8, 4) is 5.75 Å². The third kappa shape index (κ3) is 3.68. The van der Waals surface area contributed by atoms with Crippen LogP contribution in [0.2, 0.25) is 0 Å². The third-order valence-electron chi connectivity index (χ3n) is 3.99. The third-order valence-corrected chi connectivity index (χ3v) is 3.99. The fourth-order valence-electron chi connectivity index (χ4n) is 2.75. The topological polar surface area (TPSA) is 84.1 Å². The fraction of sp³-hybridized carbons (Fsp3) is 0.211. The number of nitrogens with one attached hydrogen (secondary N) is 2. The molecular formula is C19H19N3O3. The van der Waals surface area contributed by atoms with Crippen molar-refractivity contribution in [2.75, 3.05) is 7.11 Å². The molecule has 0 spiro atoms. The van der Waals surface area contributed by atoms with Crippen molar-refractivity contribution in [2.24, 2.45) is 0 Å². The predicted molar refractivity (Wildman–Crippen MR) is 96.0 cm³/mol. The quantitative estimate of drug-likeness (QED) is 0.748. The first-order valence-corrected chi connectivity index (χ1v) is 7.99. The molecule has 0 saturated carbocycles. The number of ether oxygens (including phenoxy) is 1. The molecule has 0 radical (unpaired) electrons. The van der Waals surface area contributed by atoms with E-state index in [-0.39, 0.29) is 23.2 Å². The summed E-state index contributed by atoms with van der Waals surface area (Å²) >= 11 is 0. The van der Waals surface area contributed by atoms with Crippen molar-refractivity contribution in [3.63, 3.8) is 0 Å². The van der Waals surface area contributed by atoms with Crippen LogP contribution in [0.15, 0.2) is 53.3 Å². The summed E-state index contributed by atoms with van der Waals surface area (Å²) in [6.45, 7) is 1.93. The Bertz CT molecular complexity index is 948. The van der Waals surface area contributed by atoms with E-state index >= 15 is 0 Å². The summed E-state index contributed by atoms with van der Waals surface area (Å²) in [6.07, 6.45) is 0.678. The van der Waals surface area contributed by atoms with Gasteiger partial charge in [0.15, 0.2) is 5.69 Å². The average molecular weight is 337 g/mol. The van der Waals surface area contributed by atoms with Crippen LogP contribution in [0.1, 0.15) is 23.0 Å². The minimum absolute atomic E-state index is 0.0895. The van der Waals surface area contributed by atoms with Crippen molar-refractivity contribution >= 4 is 16.7 Å². The van der Waals surface area contributed by atoms with Gasteiger partial charge in [0.25, 0.3) is 11.5 Å². The number of rotatable bonds is 5. The molecule has 0 bridgehead atoms. The summed E-state index contributed by atoms with van der Waals surface area (Å²) in [6, 6.07) is 14.6. The summed E-state index contributed by atoms with van der Waals surface area (Å²) in [7, 11) is 1.62. The van der Waals surface area contributed by atoms with Crippen LogP contribution in [0.4, 0.5) is 0 Å². The molecule has 0 fully saturated rings. The Morgan fingerprint density at radius 1 is 1.16 bits per heavy atom. The van der Waals surface area contributed by atoms with Crippen LogP contribution in [0.5, 0.6) is 5.75 Å². The number of H-pyrrole nitrogens is 1. The number of fused-ring (bicyclic) bond motifs is 1. The van der Waals surface area contributed by atoms with Gasteiger partial charge in [0.2, 0.25) is 0 Å². The largest absolute Gasteiger partial charge is 0.497 e. The molecule has 0 saturated heterocycles. The van der Waals surface area contributed by atoms with Gasteiger partial charge in [-0.05, 0) is 37.1 Å². The maximum absolute atomic E-state index is 12.6. The van der Waals surface area contributed by atoms with Crippen LogP contribution in [0.3, 0.4) is 0 Å². The summed E-state index contributed by atoms with van der Waals surface area (Å²) in [5, 5.41) is 10.2. The molecule has 0 aliphatic carbocycles. The molecule has 0 aliphatic rings. The van der Waals surface area contributed by atoms with Gasteiger partial charge in [-0.25, -0.2) is 5.10 Å². The number of carbonyl (C=O) groups excluding carboxylic acids is 1. The van der Waals surface area contributed by atoms with E-state index in [1.807, 2.05) is 31.2 Å². The van der Waals surface area contributed by atoms with Crippen LogP contribution in [0, 0.1) is 0 Å². The molecule has 3 aromatic rings. The number of nitrogens with zero attached hydrogens (tertiary/aromatic N) is 1. The monoisotopic (exact) mass is 337 g/mol. The molecule has 1 atom stereocenters. The van der Waals surface area contributed by atoms with Crippen LogP contribution in [0.25, 0.3) is 10.8 Å². The van der Waals surface area contributed by atoms with Crippen molar-refractivity contribution < 1.29 is 9.53 Å². The first-order chi connectivity index (χ1) is 12.1. The Labute approximate surface area is 144 Å². The van der Waals surface area contributed by atoms with E-state index in [0.717, 1.165) is 11.3 Å². The van der Waals surface area contributed by atoms with Crippen molar-refractivity contribution in [3.05, 3.63) is 70.1 Å². The maximum Gasteiger partial charge on any atom is 0.272 e. The van der Waals surface area contributed by atoms with E-state index in [4.69, 9.17) is 4.74 Å². The Morgan fingerprint density at radius 3 is 2.52 bits per heavy atom. The maximum atomic E-state index is 12.6. The lowest BCUT2D eigenvalue weighted by Crippen LogP contribution is -2.35. The van der Waals surface area contributed by atoms with Gasteiger partial charge >= 0.3 is 0 Å². The number of hydrogen-bond donors (Lipinski definition) is 2. The summed E-state index contributed by atoms with van der Waals surface area (Å²) < 4.78 is 5.14. The summed E-state index contributed by atoms with van der Waals surface area (Å²) in [4.78, 5) is 24.4. The van der Waals surface area contributed by atoms with Gasteiger partial charge in [-0.15, -0.1) is 0 Å². The van der Waals surface area contributed by atoms with Gasteiger partial charge in [0, 0.05) is 11.4 Å². The number of methoxy groups -OCH3 is 1. The fourth-order valence-corrected chi connectivity index (χ4v) is 2.75. The second-order valence-electron chi connectivity index (χ2n) is 5.87. The summed E-state index contributed by atoms with van der Waals surface area (Å²) in [5.74, 6) is 0.484. The van der Waals surface area contributed by atoms with Crippen molar-refractivity contribution in [1.82, 2.24) is 15.5 Å². The second kappa shape index (κ2) is 7.17. The highest BCUT2D eigenvalue weighted by Crippen LogP contribution is 2.14. The Morgan fingerprint density at radius 2 is 1.84 bits per heavy atom. The highest BCUT2D eigenvalue weighted by molar-refractivity contribution is 6.04. The molecular weight excluding hydrogens is 318 g/mol. The van der Waals surface area contributed by atoms with Crippen LogP contribution < -0.4 is 15.6 Å². The Hall–Kier alpha value is -3.15. The van der Waals surface area contributed by atoms with Crippen LogP contribution >= 0.6 is 0 Å². The normalized spacial score (nSPS) is 11.9. The molecule has 25 heavy (non-hydrogen) atoms. The van der Waals surface area contributed by atoms with E-state index in [1.54, 1.807) is 31.4 Å². The highest BCUT2D eigenvalue weighted by atomic mass is 16.5. The van der Waals surface area contributed by atoms with Crippen molar-refractivity contribution in [2.45, 2.75) is 19.4 Å². The number of benzene rings is 2. The van der Waals surface area contributed by atoms with Gasteiger partial charge in [-0.3, -0.25) is 9.59 Å². The summed E-state index contributed by atoms with van der Waals surface area (Å²) in [5.41, 5.74) is 1.00. The van der Waals surface area contributed by atoms with Gasteiger partial charge in [0.1, 0.15) is 5.75 Å². The molecule has 6 heteroatoms. The first-order valence-electron chi connectivity index (χ1n) is 7.99. The van der Waals surface area contributed by atoms with Gasteiger partial charge < -0.3 is 10.1 Å². The molecule has 1 heterocycles. The van der Waals surface area contributed by atoms with E-state index in [9.17, 15) is 9.59 Å². The molecule has 1 aromatic heterocycles. The minimum atomic E-state index is -0.312. The second-order valence-corrected chi connectivity index (χ2v) is 5.87. The molecule has 6 nitrogen and oxygen atoms in total. The number of aromatic nitrogens is 2. The molecule has 2 N–H and O–H groups in total. The highest BCUT2D eigenvalue weighted by Gasteiger charge is 2.16. The van der Waals surface area contributed by atoms with E-state index in [0.29, 0.717) is 17.2 Å². The molecule has 2 aromatic carbocycles. The number of amides is 1. The SMILES string of the molecule is COc1ccc(C[C@H](C)NC(=O)c2n[nH]c(=O)c3ccccc23)cc1. The Kier molecular flexibility index (Phi) is 4.79. The molecule has 3 rings (SSSR count). The zero-order valence-corrected chi connectivity index (χ0v) is 14.1. The lowest BCUT2D eigenvalue weighted by atomic mass is 10.1. The minimum Gasteiger partial charge on any atom is -0.497 e. The number of aromatic amines is 1. The van der Waals surface area contributed by atoms with Crippen LogP contribution in [-0.2, 0) is 6.42 Å². The van der Waals surface area contributed by atoms with Gasteiger partial charge in [-0.1, -0.05) is 30.3 Å². The van der Waals surface area contributed by atoms with E-state index in [1.165, 1.54) is 0 Å². The molecule has 0 unspecified atom stereocenters. The standard InChI is InChI=1S/C19H19N3O3/c1-12(11-13-7-9-14(25-2)10-8-13)20-19(24)17-15-5-3-4-6-16(15)18(23)22-21-17/h3-10,12H,11H2,1-2H3,(H,20,24)(H,22,23)/t12-/m0/s1. The van der Waals surface area contributed by atoms with Crippen molar-refractivity contribution in [1.29, 1.82) is 0 Å². The van der Waals surface area contributed by atoms with Crippen LogP contribution in [-0.4, -0.2) is 29.3 Å².